The molecule has 4 rings (SSSR count). The van der Waals surface area contributed by atoms with Gasteiger partial charge in [0.25, 0.3) is 0 Å². The first-order chi connectivity index (χ1) is 7.92. The molecular weight excluding hydrogens is 196 g/mol. The van der Waals surface area contributed by atoms with Gasteiger partial charge in [-0.05, 0) is 69.4 Å². The fourth-order valence-electron chi connectivity index (χ4n) is 5.14. The number of nitrogens with one attached hydrogen (secondary N) is 1. The molecule has 4 aliphatic rings. The number of hydrogen-bond acceptors (Lipinski definition) is 2. The smallest absolute Gasteiger partial charge is 0.0141 e. The maximum absolute atomic E-state index is 3.79. The second kappa shape index (κ2) is 3.71. The van der Waals surface area contributed by atoms with E-state index in [0.717, 1.165) is 29.8 Å². The standard InChI is InChI=1S/C14H24N2/c1-4-13(16-8-6-10(1)9-16)14-11-2-3-12(14)15-7-5-11/h10-15H,1-9H2. The van der Waals surface area contributed by atoms with E-state index in [4.69, 9.17) is 0 Å². The van der Waals surface area contributed by atoms with E-state index in [-0.39, 0.29) is 0 Å². The van der Waals surface area contributed by atoms with Gasteiger partial charge in [0, 0.05) is 18.6 Å². The largest absolute Gasteiger partial charge is 0.314 e. The molecule has 4 bridgehead atoms. The summed E-state index contributed by atoms with van der Waals surface area (Å²) in [6, 6.07) is 1.82. The fraction of sp³-hybridized carbons (Fsp3) is 1.00. The molecular formula is C14H24N2. The molecule has 0 aromatic heterocycles. The van der Waals surface area contributed by atoms with Crippen molar-refractivity contribution in [1.82, 2.24) is 10.2 Å². The Kier molecular flexibility index (Phi) is 2.29. The minimum absolute atomic E-state index is 0.876. The maximum Gasteiger partial charge on any atom is 0.0141 e. The van der Waals surface area contributed by atoms with Gasteiger partial charge in [-0.3, -0.25) is 4.90 Å². The van der Waals surface area contributed by atoms with Gasteiger partial charge in [0.05, 0.1) is 0 Å². The van der Waals surface area contributed by atoms with Crippen LogP contribution in [-0.2, 0) is 0 Å². The Labute approximate surface area is 98.8 Å². The van der Waals surface area contributed by atoms with E-state index in [1.165, 1.54) is 58.2 Å². The van der Waals surface area contributed by atoms with Crippen molar-refractivity contribution >= 4 is 0 Å². The summed E-state index contributed by atoms with van der Waals surface area (Å²) in [5, 5.41) is 3.79. The van der Waals surface area contributed by atoms with Gasteiger partial charge in [-0.2, -0.15) is 0 Å². The molecule has 0 aromatic rings. The predicted molar refractivity (Wildman–Crippen MR) is 65.3 cm³/mol. The summed E-state index contributed by atoms with van der Waals surface area (Å²) in [6.45, 7) is 4.13. The van der Waals surface area contributed by atoms with E-state index < -0.39 is 0 Å². The van der Waals surface area contributed by atoms with Crippen LogP contribution in [0.25, 0.3) is 0 Å². The Hall–Kier alpha value is -0.0800. The van der Waals surface area contributed by atoms with Gasteiger partial charge in [-0.1, -0.05) is 0 Å². The van der Waals surface area contributed by atoms with Gasteiger partial charge < -0.3 is 5.32 Å². The molecule has 0 aromatic carbocycles. The van der Waals surface area contributed by atoms with Crippen LogP contribution < -0.4 is 5.32 Å². The third kappa shape index (κ3) is 1.39. The second-order valence-corrected chi connectivity index (χ2v) is 6.56. The summed E-state index contributed by atoms with van der Waals surface area (Å²) in [5.41, 5.74) is 0. The van der Waals surface area contributed by atoms with Crippen LogP contribution >= 0.6 is 0 Å². The van der Waals surface area contributed by atoms with Crippen molar-refractivity contribution in [3.8, 4) is 0 Å². The zero-order valence-electron chi connectivity index (χ0n) is 10.2. The number of piperidine rings is 2. The summed E-state index contributed by atoms with van der Waals surface area (Å²) in [7, 11) is 0. The zero-order chi connectivity index (χ0) is 10.5. The minimum atomic E-state index is 0.876. The molecule has 3 heterocycles. The lowest BCUT2D eigenvalue weighted by atomic mass is 9.78. The van der Waals surface area contributed by atoms with Crippen molar-refractivity contribution in [2.24, 2.45) is 17.8 Å². The van der Waals surface area contributed by atoms with Crippen molar-refractivity contribution < 1.29 is 0 Å². The highest BCUT2D eigenvalue weighted by molar-refractivity contribution is 5.02. The third-order valence-electron chi connectivity index (χ3n) is 5.88. The topological polar surface area (TPSA) is 15.3 Å². The van der Waals surface area contributed by atoms with Crippen molar-refractivity contribution in [3.63, 3.8) is 0 Å². The molecule has 6 unspecified atom stereocenters. The second-order valence-electron chi connectivity index (χ2n) is 6.56. The minimum Gasteiger partial charge on any atom is -0.314 e. The lowest BCUT2D eigenvalue weighted by Gasteiger charge is -2.43. The predicted octanol–water partition coefficient (Wildman–Crippen LogP) is 1.86. The molecule has 0 amide bonds. The molecule has 6 atom stereocenters. The lowest BCUT2D eigenvalue weighted by Crippen LogP contribution is -2.52. The fourth-order valence-corrected chi connectivity index (χ4v) is 5.14. The quantitative estimate of drug-likeness (QED) is 0.725. The Bertz CT molecular complexity index is 262. The lowest BCUT2D eigenvalue weighted by molar-refractivity contribution is 0.0752. The SMILES string of the molecule is C1CC2CCC(N1)C2C1CCC2CCN1C2. The third-order valence-corrected chi connectivity index (χ3v) is 5.88. The molecule has 3 saturated heterocycles. The average Bonchev–Trinajstić information content (AvgIpc) is 2.80. The van der Waals surface area contributed by atoms with Crippen molar-refractivity contribution in [1.29, 1.82) is 0 Å². The molecule has 1 N–H and O–H groups in total. The molecule has 90 valence electrons. The molecule has 1 saturated carbocycles. The van der Waals surface area contributed by atoms with E-state index in [2.05, 4.69) is 10.2 Å². The van der Waals surface area contributed by atoms with Crippen molar-refractivity contribution in [2.45, 2.75) is 50.6 Å². The normalized spacial score (nSPS) is 55.5. The summed E-state index contributed by atoms with van der Waals surface area (Å²) in [5.74, 6) is 3.13. The van der Waals surface area contributed by atoms with Crippen molar-refractivity contribution in [2.75, 3.05) is 19.6 Å². The average molecular weight is 220 g/mol. The van der Waals surface area contributed by atoms with Gasteiger partial charge in [0.15, 0.2) is 0 Å². The zero-order valence-corrected chi connectivity index (χ0v) is 10.2. The summed E-state index contributed by atoms with van der Waals surface area (Å²) >= 11 is 0. The van der Waals surface area contributed by atoms with Crippen LogP contribution in [-0.4, -0.2) is 36.6 Å². The van der Waals surface area contributed by atoms with Crippen LogP contribution in [0.3, 0.4) is 0 Å². The highest BCUT2D eigenvalue weighted by Crippen LogP contribution is 2.45. The van der Waals surface area contributed by atoms with Crippen molar-refractivity contribution in [3.05, 3.63) is 0 Å². The van der Waals surface area contributed by atoms with E-state index in [9.17, 15) is 0 Å². The number of hydrogen-bond donors (Lipinski definition) is 1. The molecule has 0 radical (unpaired) electrons. The Morgan fingerprint density at radius 1 is 0.938 bits per heavy atom. The molecule has 4 fully saturated rings. The Morgan fingerprint density at radius 2 is 1.94 bits per heavy atom. The van der Waals surface area contributed by atoms with Gasteiger partial charge in [0.1, 0.15) is 0 Å². The highest BCUT2D eigenvalue weighted by Gasteiger charge is 2.47. The van der Waals surface area contributed by atoms with E-state index >= 15 is 0 Å². The first kappa shape index (κ1) is 9.90. The van der Waals surface area contributed by atoms with E-state index in [0.29, 0.717) is 0 Å². The van der Waals surface area contributed by atoms with E-state index in [1.807, 2.05) is 0 Å². The molecule has 16 heavy (non-hydrogen) atoms. The summed E-state index contributed by atoms with van der Waals surface area (Å²) in [4.78, 5) is 2.84. The number of nitrogens with zero attached hydrogens (tertiary/aromatic N) is 1. The van der Waals surface area contributed by atoms with Crippen LogP contribution in [0.15, 0.2) is 0 Å². The first-order valence-corrected chi connectivity index (χ1v) is 7.39. The van der Waals surface area contributed by atoms with E-state index in [1.54, 1.807) is 0 Å². The summed E-state index contributed by atoms with van der Waals surface area (Å²) in [6.07, 6.45) is 8.95. The van der Waals surface area contributed by atoms with Gasteiger partial charge in [-0.25, -0.2) is 0 Å². The van der Waals surface area contributed by atoms with Crippen LogP contribution in [0.4, 0.5) is 0 Å². The molecule has 3 aliphatic heterocycles. The van der Waals surface area contributed by atoms with Crippen LogP contribution in [0.5, 0.6) is 0 Å². The van der Waals surface area contributed by atoms with Gasteiger partial charge in [-0.15, -0.1) is 0 Å². The highest BCUT2D eigenvalue weighted by atomic mass is 15.2. The number of fused-ring (bicyclic) bond motifs is 4. The van der Waals surface area contributed by atoms with Crippen LogP contribution in [0.1, 0.15) is 38.5 Å². The monoisotopic (exact) mass is 220 g/mol. The molecule has 2 nitrogen and oxygen atoms in total. The van der Waals surface area contributed by atoms with Gasteiger partial charge >= 0.3 is 0 Å². The van der Waals surface area contributed by atoms with Crippen LogP contribution in [0.2, 0.25) is 0 Å². The Morgan fingerprint density at radius 3 is 2.88 bits per heavy atom. The van der Waals surface area contributed by atoms with Crippen LogP contribution in [0, 0.1) is 17.8 Å². The summed E-state index contributed by atoms with van der Waals surface area (Å²) < 4.78 is 0. The number of rotatable bonds is 1. The molecule has 2 heteroatoms. The maximum atomic E-state index is 3.79. The molecule has 1 aliphatic carbocycles. The Balaban J connectivity index is 1.56. The van der Waals surface area contributed by atoms with Gasteiger partial charge in [0.2, 0.25) is 0 Å². The molecule has 0 spiro atoms. The first-order valence-electron chi connectivity index (χ1n) is 7.39.